The number of benzene rings is 1. The first-order valence-corrected chi connectivity index (χ1v) is 12.0. The lowest BCUT2D eigenvalue weighted by Crippen LogP contribution is -2.41. The summed E-state index contributed by atoms with van der Waals surface area (Å²) >= 11 is 1.11. The van der Waals surface area contributed by atoms with Crippen molar-refractivity contribution >= 4 is 45.1 Å². The van der Waals surface area contributed by atoms with Crippen molar-refractivity contribution in [2.24, 2.45) is 0 Å². The first-order chi connectivity index (χ1) is 16.8. The van der Waals surface area contributed by atoms with Crippen molar-refractivity contribution in [3.63, 3.8) is 0 Å². The molecule has 2 heterocycles. The fraction of sp³-hybridized carbons (Fsp3) is 0.333. The Labute approximate surface area is 208 Å². The number of ether oxygens (including phenoxy) is 1. The molecule has 10 nitrogen and oxygen atoms in total. The van der Waals surface area contributed by atoms with Gasteiger partial charge >= 0.3 is 0 Å². The van der Waals surface area contributed by atoms with Crippen LogP contribution in [0.4, 0.5) is 22.3 Å². The third kappa shape index (κ3) is 5.20. The van der Waals surface area contributed by atoms with E-state index >= 15 is 0 Å². The summed E-state index contributed by atoms with van der Waals surface area (Å²) in [5, 5.41) is 37.7. The van der Waals surface area contributed by atoms with Crippen LogP contribution in [-0.4, -0.2) is 65.9 Å². The molecule has 0 bridgehead atoms. The molecule has 0 saturated carbocycles. The zero-order chi connectivity index (χ0) is 25.1. The van der Waals surface area contributed by atoms with Crippen LogP contribution in [0.25, 0.3) is 5.76 Å². The van der Waals surface area contributed by atoms with E-state index in [9.17, 15) is 15.5 Å². The Bertz CT molecular complexity index is 1190. The summed E-state index contributed by atoms with van der Waals surface area (Å²) in [5.41, 5.74) is 7.72. The molecule has 186 valence electrons. The second-order valence-electron chi connectivity index (χ2n) is 8.55. The molecule has 4 rings (SSSR count). The molecule has 2 aromatic rings. The Kier molecular flexibility index (Phi) is 7.17. The van der Waals surface area contributed by atoms with Gasteiger partial charge in [0.05, 0.1) is 12.7 Å². The fourth-order valence-corrected chi connectivity index (χ4v) is 5.13. The second-order valence-corrected chi connectivity index (χ2v) is 9.55. The largest absolute Gasteiger partial charge is 0.612 e. The highest BCUT2D eigenvalue weighted by Crippen LogP contribution is 2.35. The molecule has 1 fully saturated rings. The van der Waals surface area contributed by atoms with Crippen molar-refractivity contribution in [1.29, 1.82) is 0 Å². The number of nitrogens with zero attached hydrogens (tertiary/aromatic N) is 4. The highest BCUT2D eigenvalue weighted by Gasteiger charge is 2.28. The number of allylic oxidation sites excluding steroid dienone is 4. The van der Waals surface area contributed by atoms with E-state index < -0.39 is 4.90 Å². The van der Waals surface area contributed by atoms with Crippen molar-refractivity contribution in [3.8, 4) is 0 Å². The van der Waals surface area contributed by atoms with Crippen LogP contribution >= 0.6 is 11.3 Å². The molecule has 0 spiro atoms. The Morgan fingerprint density at radius 2 is 1.94 bits per heavy atom. The molecule has 1 aliphatic carbocycles. The van der Waals surface area contributed by atoms with Gasteiger partial charge in [-0.3, -0.25) is 0 Å². The first kappa shape index (κ1) is 24.4. The van der Waals surface area contributed by atoms with Crippen LogP contribution in [0.3, 0.4) is 0 Å². The maximum Gasteiger partial charge on any atom is 0.276 e. The van der Waals surface area contributed by atoms with Gasteiger partial charge in [0.1, 0.15) is 10.7 Å². The third-order valence-corrected chi connectivity index (χ3v) is 7.20. The van der Waals surface area contributed by atoms with E-state index in [1.807, 2.05) is 12.1 Å². The highest BCUT2D eigenvalue weighted by molar-refractivity contribution is 7.17. The topological polar surface area (TPSA) is 136 Å². The minimum Gasteiger partial charge on any atom is -0.612 e. The molecule has 1 aromatic carbocycles. The zero-order valence-corrected chi connectivity index (χ0v) is 20.7. The van der Waals surface area contributed by atoms with Crippen LogP contribution in [0.5, 0.6) is 0 Å². The second kappa shape index (κ2) is 10.3. The molecule has 35 heavy (non-hydrogen) atoms. The van der Waals surface area contributed by atoms with Crippen molar-refractivity contribution in [3.05, 3.63) is 69.1 Å². The Morgan fingerprint density at radius 1 is 1.26 bits per heavy atom. The number of piperidine rings is 1. The number of nitrogens with one attached hydrogen (secondary N) is 1. The molecular formula is C24H29N6O4S-. The lowest BCUT2D eigenvalue weighted by molar-refractivity contribution is -0.378. The molecule has 0 unspecified atom stereocenters. The first-order valence-electron chi connectivity index (χ1n) is 11.2. The van der Waals surface area contributed by atoms with Crippen LogP contribution < -0.4 is 16.0 Å². The molecular weight excluding hydrogens is 468 g/mol. The summed E-state index contributed by atoms with van der Waals surface area (Å²) < 4.78 is 5.09. The average Bonchev–Trinajstić information content (AvgIpc) is 3.23. The highest BCUT2D eigenvalue weighted by atomic mass is 32.1. The number of hydrogen-bond donors (Lipinski definition) is 3. The van der Waals surface area contributed by atoms with Gasteiger partial charge < -0.3 is 41.1 Å². The number of thiazole rings is 1. The molecule has 0 atom stereocenters. The van der Waals surface area contributed by atoms with Crippen LogP contribution in [0.1, 0.15) is 17.7 Å². The van der Waals surface area contributed by atoms with Gasteiger partial charge in [0, 0.05) is 30.5 Å². The van der Waals surface area contributed by atoms with Gasteiger partial charge in [-0.1, -0.05) is 17.4 Å². The van der Waals surface area contributed by atoms with Gasteiger partial charge in [-0.2, -0.15) is 4.90 Å². The van der Waals surface area contributed by atoms with Gasteiger partial charge in [0.2, 0.25) is 0 Å². The van der Waals surface area contributed by atoms with Gasteiger partial charge in [-0.15, -0.1) is 0 Å². The normalized spacial score (nSPS) is 18.0. The summed E-state index contributed by atoms with van der Waals surface area (Å²) in [7, 11) is 5.60. The predicted octanol–water partition coefficient (Wildman–Crippen LogP) is 3.82. The molecule has 4 N–H and O–H groups in total. The summed E-state index contributed by atoms with van der Waals surface area (Å²) in [6.07, 6.45) is 6.76. The van der Waals surface area contributed by atoms with Crippen LogP contribution in [0.2, 0.25) is 0 Å². The zero-order valence-electron chi connectivity index (χ0n) is 19.9. The van der Waals surface area contributed by atoms with Crippen molar-refractivity contribution in [1.82, 2.24) is 9.88 Å². The van der Waals surface area contributed by atoms with E-state index in [0.717, 1.165) is 43.0 Å². The van der Waals surface area contributed by atoms with E-state index in [1.54, 1.807) is 6.08 Å². The fourth-order valence-electron chi connectivity index (χ4n) is 4.26. The minimum atomic E-state index is -0.592. The third-order valence-electron chi connectivity index (χ3n) is 6.20. The number of aliphatic hydroxyl groups excluding tert-OH is 1. The maximum absolute atomic E-state index is 11.6. The number of rotatable bonds is 6. The lowest BCUT2D eigenvalue weighted by atomic mass is 10.0. The van der Waals surface area contributed by atoms with Crippen LogP contribution in [0, 0.1) is 10.4 Å². The number of nitrogen functional groups attached to an aromatic ring is 1. The minimum absolute atomic E-state index is 0.0126. The SMILES string of the molecule is COC1=CC=CC(=C(O)c2sc(Nc3ccc(N4CCC(N(C)C)CC4)cc3)nc2N)C1=[N+]([O-])[O-]. The Balaban J connectivity index is 1.50. The molecule has 1 aromatic heterocycles. The quantitative estimate of drug-likeness (QED) is 0.309. The van der Waals surface area contributed by atoms with Gasteiger partial charge in [0.25, 0.3) is 5.71 Å². The standard InChI is InChI=1S/C24H29N6O4S/c1-28(2)16-11-13-29(14-12-16)17-9-7-15(8-10-17)26-24-27-23(25)22(35-24)21(31)18-5-4-6-19(34-3)20(18)30(32)33/h4-10,16H,11-14,25H2,1-3H3,(H2-,26,27,31,32,33)/q-1. The van der Waals surface area contributed by atoms with E-state index in [1.165, 1.54) is 24.9 Å². The summed E-state index contributed by atoms with van der Waals surface area (Å²) in [5.74, 6) is -0.200. The number of aromatic nitrogens is 1. The van der Waals surface area contributed by atoms with Gasteiger partial charge in [-0.05, 0) is 63.4 Å². The number of hydrogen-bond acceptors (Lipinski definition) is 10. The van der Waals surface area contributed by atoms with E-state index in [0.29, 0.717) is 11.2 Å². The van der Waals surface area contributed by atoms with Gasteiger partial charge in [-0.25, -0.2) is 4.98 Å². The van der Waals surface area contributed by atoms with Gasteiger partial charge in [0.15, 0.2) is 16.6 Å². The number of anilines is 4. The van der Waals surface area contributed by atoms with E-state index in [2.05, 4.69) is 46.3 Å². The summed E-state index contributed by atoms with van der Waals surface area (Å²) in [4.78, 5) is 8.62. The van der Waals surface area contributed by atoms with E-state index in [-0.39, 0.29) is 33.5 Å². The van der Waals surface area contributed by atoms with Crippen molar-refractivity contribution in [2.45, 2.75) is 18.9 Å². The lowest BCUT2D eigenvalue weighted by Gasteiger charge is -2.36. The predicted molar refractivity (Wildman–Crippen MR) is 141 cm³/mol. The molecule has 1 aliphatic heterocycles. The maximum atomic E-state index is 11.6. The monoisotopic (exact) mass is 497 g/mol. The molecule has 2 aliphatic rings. The molecule has 0 amide bonds. The summed E-state index contributed by atoms with van der Waals surface area (Å²) in [6, 6.07) is 8.71. The van der Waals surface area contributed by atoms with Crippen molar-refractivity contribution in [2.75, 3.05) is 50.2 Å². The van der Waals surface area contributed by atoms with Crippen LogP contribution in [0.15, 0.2) is 53.8 Å². The Morgan fingerprint density at radius 3 is 2.54 bits per heavy atom. The number of methoxy groups -OCH3 is 1. The van der Waals surface area contributed by atoms with E-state index in [4.69, 9.17) is 10.5 Å². The average molecular weight is 498 g/mol. The Hall–Kier alpha value is -3.70. The molecule has 1 saturated heterocycles. The smallest absolute Gasteiger partial charge is 0.276 e. The number of nitrogens with two attached hydrogens (primary N) is 1. The van der Waals surface area contributed by atoms with Crippen molar-refractivity contribution < 1.29 is 14.7 Å². The molecule has 11 heteroatoms. The molecule has 0 radical (unpaired) electrons. The van der Waals surface area contributed by atoms with Crippen LogP contribution in [-0.2, 0) is 4.74 Å². The number of aliphatic hydroxyl groups is 1. The summed E-state index contributed by atoms with van der Waals surface area (Å²) in [6.45, 7) is 2.04.